The summed E-state index contributed by atoms with van der Waals surface area (Å²) >= 11 is 0. The standard InChI is InChI=1S/C10H11F4NO/c11-7-4-2-1-3-6(7)8(16)5-9(15)10(12,13)14/h1-4,8-9,16H,5,15H2/t8-,9+/m0/s1. The fourth-order valence-corrected chi connectivity index (χ4v) is 1.25. The summed E-state index contributed by atoms with van der Waals surface area (Å²) in [6.45, 7) is 0. The van der Waals surface area contributed by atoms with Crippen molar-refractivity contribution in [1.82, 2.24) is 0 Å². The maximum atomic E-state index is 13.1. The summed E-state index contributed by atoms with van der Waals surface area (Å²) in [6, 6.07) is 2.94. The molecule has 0 bridgehead atoms. The second-order valence-electron chi connectivity index (χ2n) is 3.42. The first kappa shape index (κ1) is 12.9. The first-order valence-electron chi connectivity index (χ1n) is 4.57. The molecule has 0 saturated heterocycles. The Balaban J connectivity index is 2.73. The maximum Gasteiger partial charge on any atom is 0.403 e. The first-order valence-corrected chi connectivity index (χ1v) is 4.57. The zero-order valence-electron chi connectivity index (χ0n) is 8.21. The molecule has 1 aromatic rings. The number of hydrogen-bond donors (Lipinski definition) is 2. The SMILES string of the molecule is N[C@H](C[C@H](O)c1ccccc1F)C(F)(F)F. The van der Waals surface area contributed by atoms with Crippen LogP contribution in [0.25, 0.3) is 0 Å². The Morgan fingerprint density at radius 3 is 2.31 bits per heavy atom. The lowest BCUT2D eigenvalue weighted by atomic mass is 10.0. The van der Waals surface area contributed by atoms with Crippen LogP contribution in [0, 0.1) is 5.82 Å². The molecule has 0 aliphatic carbocycles. The third-order valence-electron chi connectivity index (χ3n) is 2.16. The summed E-state index contributed by atoms with van der Waals surface area (Å²) in [5, 5.41) is 9.42. The van der Waals surface area contributed by atoms with Crippen LogP contribution in [0.3, 0.4) is 0 Å². The Morgan fingerprint density at radius 2 is 1.81 bits per heavy atom. The minimum absolute atomic E-state index is 0.179. The van der Waals surface area contributed by atoms with Gasteiger partial charge in [-0.3, -0.25) is 0 Å². The van der Waals surface area contributed by atoms with E-state index < -0.39 is 30.6 Å². The fraction of sp³-hybridized carbons (Fsp3) is 0.400. The molecule has 0 aliphatic heterocycles. The molecule has 0 spiro atoms. The van der Waals surface area contributed by atoms with Gasteiger partial charge in [0.1, 0.15) is 11.9 Å². The monoisotopic (exact) mass is 237 g/mol. The molecule has 1 rings (SSSR count). The highest BCUT2D eigenvalue weighted by Gasteiger charge is 2.38. The average molecular weight is 237 g/mol. The van der Waals surface area contributed by atoms with Gasteiger partial charge in [-0.2, -0.15) is 13.2 Å². The minimum atomic E-state index is -4.59. The number of alkyl halides is 3. The highest BCUT2D eigenvalue weighted by atomic mass is 19.4. The molecule has 0 aromatic heterocycles. The Morgan fingerprint density at radius 1 is 1.25 bits per heavy atom. The molecule has 0 radical (unpaired) electrons. The molecule has 0 unspecified atom stereocenters. The summed E-state index contributed by atoms with van der Waals surface area (Å²) < 4.78 is 49.4. The average Bonchev–Trinajstić information content (AvgIpc) is 2.16. The molecule has 1 aromatic carbocycles. The van der Waals surface area contributed by atoms with Crippen molar-refractivity contribution in [2.24, 2.45) is 5.73 Å². The second kappa shape index (κ2) is 4.80. The second-order valence-corrected chi connectivity index (χ2v) is 3.42. The number of aliphatic hydroxyl groups excluding tert-OH is 1. The first-order chi connectivity index (χ1) is 7.32. The van der Waals surface area contributed by atoms with Gasteiger partial charge in [-0.15, -0.1) is 0 Å². The summed E-state index contributed by atoms with van der Waals surface area (Å²) in [6.07, 6.45) is -6.91. The molecule has 2 atom stereocenters. The van der Waals surface area contributed by atoms with Crippen molar-refractivity contribution in [2.75, 3.05) is 0 Å². The lowest BCUT2D eigenvalue weighted by Gasteiger charge is -2.19. The minimum Gasteiger partial charge on any atom is -0.388 e. The summed E-state index contributed by atoms with van der Waals surface area (Å²) in [4.78, 5) is 0. The van der Waals surface area contributed by atoms with Gasteiger partial charge in [-0.25, -0.2) is 4.39 Å². The van der Waals surface area contributed by atoms with Gasteiger partial charge >= 0.3 is 6.18 Å². The predicted molar refractivity (Wildman–Crippen MR) is 50.0 cm³/mol. The van der Waals surface area contributed by atoms with E-state index in [1.807, 2.05) is 0 Å². The van der Waals surface area contributed by atoms with Gasteiger partial charge in [-0.1, -0.05) is 18.2 Å². The molecular formula is C10H11F4NO. The number of benzene rings is 1. The zero-order valence-corrected chi connectivity index (χ0v) is 8.21. The molecule has 0 aliphatic rings. The van der Waals surface area contributed by atoms with Crippen LogP contribution in [0.1, 0.15) is 18.1 Å². The lowest BCUT2D eigenvalue weighted by molar-refractivity contribution is -0.154. The molecule has 2 nitrogen and oxygen atoms in total. The van der Waals surface area contributed by atoms with Gasteiger partial charge in [-0.05, 0) is 6.07 Å². The number of rotatable bonds is 3. The Kier molecular flexibility index (Phi) is 3.88. The Bertz CT molecular complexity index is 353. The van der Waals surface area contributed by atoms with E-state index in [9.17, 15) is 22.7 Å². The van der Waals surface area contributed by atoms with Crippen LogP contribution in [-0.2, 0) is 0 Å². The summed E-state index contributed by atoms with van der Waals surface area (Å²) in [5.41, 5.74) is 4.65. The van der Waals surface area contributed by atoms with E-state index in [0.717, 1.165) is 6.07 Å². The summed E-state index contributed by atoms with van der Waals surface area (Å²) in [5.74, 6) is -0.746. The molecule has 0 saturated carbocycles. The molecule has 3 N–H and O–H groups in total. The molecule has 16 heavy (non-hydrogen) atoms. The van der Waals surface area contributed by atoms with Crippen LogP contribution in [0.4, 0.5) is 17.6 Å². The number of aliphatic hydroxyl groups is 1. The van der Waals surface area contributed by atoms with Crippen molar-refractivity contribution in [1.29, 1.82) is 0 Å². The van der Waals surface area contributed by atoms with E-state index >= 15 is 0 Å². The van der Waals surface area contributed by atoms with Crippen LogP contribution in [-0.4, -0.2) is 17.3 Å². The van der Waals surface area contributed by atoms with Crippen LogP contribution >= 0.6 is 0 Å². The Hall–Kier alpha value is -1.14. The van der Waals surface area contributed by atoms with Crippen LogP contribution in [0.15, 0.2) is 24.3 Å². The molecule has 0 amide bonds. The van der Waals surface area contributed by atoms with Crippen molar-refractivity contribution in [3.63, 3.8) is 0 Å². The zero-order chi connectivity index (χ0) is 12.3. The fourth-order valence-electron chi connectivity index (χ4n) is 1.25. The number of hydrogen-bond acceptors (Lipinski definition) is 2. The van der Waals surface area contributed by atoms with Gasteiger partial charge < -0.3 is 10.8 Å². The third kappa shape index (κ3) is 3.18. The number of nitrogens with two attached hydrogens (primary N) is 1. The van der Waals surface area contributed by atoms with E-state index in [2.05, 4.69) is 0 Å². The van der Waals surface area contributed by atoms with Crippen molar-refractivity contribution in [3.8, 4) is 0 Å². The highest BCUT2D eigenvalue weighted by Crippen LogP contribution is 2.27. The topological polar surface area (TPSA) is 46.2 Å². The smallest absolute Gasteiger partial charge is 0.388 e. The van der Waals surface area contributed by atoms with Crippen molar-refractivity contribution in [2.45, 2.75) is 24.7 Å². The van der Waals surface area contributed by atoms with Crippen LogP contribution < -0.4 is 5.73 Å². The molecule has 6 heteroatoms. The van der Waals surface area contributed by atoms with Crippen LogP contribution in [0.2, 0.25) is 0 Å². The maximum absolute atomic E-state index is 13.1. The molecular weight excluding hydrogens is 226 g/mol. The van der Waals surface area contributed by atoms with Crippen molar-refractivity contribution in [3.05, 3.63) is 35.6 Å². The van der Waals surface area contributed by atoms with E-state index in [-0.39, 0.29) is 5.56 Å². The van der Waals surface area contributed by atoms with Gasteiger partial charge in [0, 0.05) is 12.0 Å². The number of halogens is 4. The molecule has 90 valence electrons. The van der Waals surface area contributed by atoms with Crippen LogP contribution in [0.5, 0.6) is 0 Å². The van der Waals surface area contributed by atoms with E-state index in [4.69, 9.17) is 5.73 Å². The quantitative estimate of drug-likeness (QED) is 0.791. The van der Waals surface area contributed by atoms with Gasteiger partial charge in [0.2, 0.25) is 0 Å². The molecule has 0 heterocycles. The van der Waals surface area contributed by atoms with E-state index in [1.54, 1.807) is 0 Å². The van der Waals surface area contributed by atoms with Crippen molar-refractivity contribution >= 4 is 0 Å². The summed E-state index contributed by atoms with van der Waals surface area (Å²) in [7, 11) is 0. The largest absolute Gasteiger partial charge is 0.403 e. The van der Waals surface area contributed by atoms with Gasteiger partial charge in [0.05, 0.1) is 6.10 Å². The van der Waals surface area contributed by atoms with E-state index in [1.165, 1.54) is 18.2 Å². The predicted octanol–water partition coefficient (Wildman–Crippen LogP) is 2.14. The van der Waals surface area contributed by atoms with Gasteiger partial charge in [0.15, 0.2) is 0 Å². The van der Waals surface area contributed by atoms with Gasteiger partial charge in [0.25, 0.3) is 0 Å². The Labute approximate surface area is 89.7 Å². The van der Waals surface area contributed by atoms with E-state index in [0.29, 0.717) is 0 Å². The highest BCUT2D eigenvalue weighted by molar-refractivity contribution is 5.19. The molecule has 0 fully saturated rings. The van der Waals surface area contributed by atoms with Crippen molar-refractivity contribution < 1.29 is 22.7 Å². The lowest BCUT2D eigenvalue weighted by Crippen LogP contribution is -2.38. The third-order valence-corrected chi connectivity index (χ3v) is 2.16. The normalized spacial score (nSPS) is 15.9.